The number of nitrogens with zero attached hydrogens (tertiary/aromatic N) is 1. The number of carbonyl (C=O) groups excluding carboxylic acids is 1. The van der Waals surface area contributed by atoms with Gasteiger partial charge in [-0.1, -0.05) is 11.6 Å². The van der Waals surface area contributed by atoms with E-state index >= 15 is 0 Å². The minimum absolute atomic E-state index is 0.00597. The van der Waals surface area contributed by atoms with E-state index in [0.717, 1.165) is 10.1 Å². The summed E-state index contributed by atoms with van der Waals surface area (Å²) in [6.07, 6.45) is 0. The third-order valence-corrected chi connectivity index (χ3v) is 3.78. The van der Waals surface area contributed by atoms with Crippen LogP contribution in [0.25, 0.3) is 0 Å². The first kappa shape index (κ1) is 13.7. The van der Waals surface area contributed by atoms with Crippen LogP contribution in [0.2, 0.25) is 5.02 Å². The van der Waals surface area contributed by atoms with Crippen LogP contribution in [0.1, 0.15) is 10.4 Å². The Morgan fingerprint density at radius 2 is 2.25 bits per heavy atom. The molecule has 3 nitrogen and oxygen atoms in total. The fraction of sp³-hybridized carbons (Fsp3) is 0.364. The molecule has 1 amide bonds. The SMILES string of the molecule is CNCCN(C)C(=O)c1ccc(I)c(Cl)c1. The Bertz CT molecular complexity index is 384. The summed E-state index contributed by atoms with van der Waals surface area (Å²) in [6, 6.07) is 5.36. The monoisotopic (exact) mass is 352 g/mol. The molecule has 0 aliphatic heterocycles. The van der Waals surface area contributed by atoms with E-state index in [1.807, 2.05) is 13.1 Å². The summed E-state index contributed by atoms with van der Waals surface area (Å²) in [5.41, 5.74) is 0.629. The maximum Gasteiger partial charge on any atom is 0.253 e. The van der Waals surface area contributed by atoms with Crippen LogP contribution in [0.15, 0.2) is 18.2 Å². The summed E-state index contributed by atoms with van der Waals surface area (Å²) in [5.74, 6) is -0.00597. The molecule has 0 aromatic heterocycles. The molecular formula is C11H14ClIN2O. The first-order chi connectivity index (χ1) is 7.56. The zero-order valence-corrected chi connectivity index (χ0v) is 12.2. The van der Waals surface area contributed by atoms with Crippen LogP contribution in [-0.4, -0.2) is 38.0 Å². The van der Waals surface area contributed by atoms with Crippen molar-refractivity contribution < 1.29 is 4.79 Å². The van der Waals surface area contributed by atoms with Gasteiger partial charge in [-0.3, -0.25) is 4.79 Å². The van der Waals surface area contributed by atoms with Crippen molar-refractivity contribution in [3.05, 3.63) is 32.4 Å². The van der Waals surface area contributed by atoms with Crippen molar-refractivity contribution in [2.24, 2.45) is 0 Å². The van der Waals surface area contributed by atoms with Crippen molar-refractivity contribution in [3.8, 4) is 0 Å². The molecule has 5 heteroatoms. The number of rotatable bonds is 4. The summed E-state index contributed by atoms with van der Waals surface area (Å²) in [4.78, 5) is 13.6. The molecule has 0 radical (unpaired) electrons. The van der Waals surface area contributed by atoms with Crippen molar-refractivity contribution in [1.29, 1.82) is 0 Å². The lowest BCUT2D eigenvalue weighted by atomic mass is 10.2. The van der Waals surface area contributed by atoms with Crippen molar-refractivity contribution in [3.63, 3.8) is 0 Å². The van der Waals surface area contributed by atoms with Gasteiger partial charge in [0.2, 0.25) is 0 Å². The average molecular weight is 353 g/mol. The molecule has 88 valence electrons. The standard InChI is InChI=1S/C11H14ClIN2O/c1-14-5-6-15(2)11(16)8-3-4-10(13)9(12)7-8/h3-4,7,14H,5-6H2,1-2H3. The number of hydrogen-bond donors (Lipinski definition) is 1. The van der Waals surface area contributed by atoms with Crippen LogP contribution in [-0.2, 0) is 0 Å². The molecule has 0 bridgehead atoms. The predicted molar refractivity (Wildman–Crippen MR) is 75.1 cm³/mol. The Morgan fingerprint density at radius 1 is 1.56 bits per heavy atom. The molecule has 1 rings (SSSR count). The number of amides is 1. The molecule has 0 spiro atoms. The number of hydrogen-bond acceptors (Lipinski definition) is 2. The predicted octanol–water partition coefficient (Wildman–Crippen LogP) is 2.24. The minimum atomic E-state index is -0.00597. The van der Waals surface area contributed by atoms with Gasteiger partial charge in [-0.15, -0.1) is 0 Å². The molecule has 1 N–H and O–H groups in total. The molecule has 0 aliphatic rings. The Kier molecular flexibility index (Phi) is 5.51. The number of halogens is 2. The van der Waals surface area contributed by atoms with Gasteiger partial charge in [0.05, 0.1) is 5.02 Å². The highest BCUT2D eigenvalue weighted by atomic mass is 127. The summed E-state index contributed by atoms with van der Waals surface area (Å²) < 4.78 is 0.952. The Balaban J connectivity index is 2.76. The van der Waals surface area contributed by atoms with Gasteiger partial charge >= 0.3 is 0 Å². The molecule has 1 aromatic rings. The van der Waals surface area contributed by atoms with E-state index in [9.17, 15) is 4.79 Å². The fourth-order valence-corrected chi connectivity index (χ4v) is 1.75. The van der Waals surface area contributed by atoms with Crippen molar-refractivity contribution in [1.82, 2.24) is 10.2 Å². The Labute approximate surface area is 114 Å². The zero-order chi connectivity index (χ0) is 12.1. The van der Waals surface area contributed by atoms with E-state index in [1.165, 1.54) is 0 Å². The molecule has 0 atom stereocenters. The van der Waals surface area contributed by atoms with Gasteiger partial charge in [0.25, 0.3) is 5.91 Å². The number of carbonyl (C=O) groups is 1. The van der Waals surface area contributed by atoms with Crippen LogP contribution < -0.4 is 5.32 Å². The number of benzene rings is 1. The second-order valence-electron chi connectivity index (χ2n) is 3.46. The van der Waals surface area contributed by atoms with Crippen molar-refractivity contribution >= 4 is 40.1 Å². The van der Waals surface area contributed by atoms with Crippen molar-refractivity contribution in [2.75, 3.05) is 27.2 Å². The first-order valence-corrected chi connectivity index (χ1v) is 6.37. The van der Waals surface area contributed by atoms with Gasteiger partial charge in [-0.2, -0.15) is 0 Å². The van der Waals surface area contributed by atoms with E-state index < -0.39 is 0 Å². The average Bonchev–Trinajstić information content (AvgIpc) is 2.28. The highest BCUT2D eigenvalue weighted by molar-refractivity contribution is 14.1. The van der Waals surface area contributed by atoms with Crippen LogP contribution in [0.3, 0.4) is 0 Å². The molecule has 0 heterocycles. The smallest absolute Gasteiger partial charge is 0.253 e. The minimum Gasteiger partial charge on any atom is -0.340 e. The normalized spacial score (nSPS) is 10.2. The zero-order valence-electron chi connectivity index (χ0n) is 9.26. The summed E-state index contributed by atoms with van der Waals surface area (Å²) in [6.45, 7) is 1.46. The molecular weight excluding hydrogens is 338 g/mol. The molecule has 0 unspecified atom stereocenters. The molecule has 0 saturated carbocycles. The third kappa shape index (κ3) is 3.61. The highest BCUT2D eigenvalue weighted by Crippen LogP contribution is 2.20. The van der Waals surface area contributed by atoms with Gasteiger partial charge in [0.1, 0.15) is 0 Å². The maximum atomic E-state index is 12.0. The van der Waals surface area contributed by atoms with Crippen molar-refractivity contribution in [2.45, 2.75) is 0 Å². The second kappa shape index (κ2) is 6.42. The Hall–Kier alpha value is -0.330. The van der Waals surface area contributed by atoms with Crippen LogP contribution in [0, 0.1) is 3.57 Å². The van der Waals surface area contributed by atoms with E-state index in [4.69, 9.17) is 11.6 Å². The second-order valence-corrected chi connectivity index (χ2v) is 5.03. The van der Waals surface area contributed by atoms with Crippen LogP contribution in [0.5, 0.6) is 0 Å². The van der Waals surface area contributed by atoms with Gasteiger partial charge in [0.15, 0.2) is 0 Å². The summed E-state index contributed by atoms with van der Waals surface area (Å²) >= 11 is 8.11. The van der Waals surface area contributed by atoms with Crippen LogP contribution in [0.4, 0.5) is 0 Å². The van der Waals surface area contributed by atoms with Gasteiger partial charge < -0.3 is 10.2 Å². The van der Waals surface area contributed by atoms with E-state index in [2.05, 4.69) is 27.9 Å². The van der Waals surface area contributed by atoms with Gasteiger partial charge in [-0.25, -0.2) is 0 Å². The van der Waals surface area contributed by atoms with Gasteiger partial charge in [0, 0.05) is 29.3 Å². The molecule has 0 aliphatic carbocycles. The van der Waals surface area contributed by atoms with Gasteiger partial charge in [-0.05, 0) is 47.8 Å². The number of likely N-dealkylation sites (N-methyl/N-ethyl adjacent to an activating group) is 2. The summed E-state index contributed by atoms with van der Waals surface area (Å²) in [7, 11) is 3.64. The molecule has 1 aromatic carbocycles. The maximum absolute atomic E-state index is 12.0. The van der Waals surface area contributed by atoms with Crippen LogP contribution >= 0.6 is 34.2 Å². The third-order valence-electron chi connectivity index (χ3n) is 2.21. The molecule has 0 fully saturated rings. The lowest BCUT2D eigenvalue weighted by Crippen LogP contribution is -2.32. The lowest BCUT2D eigenvalue weighted by molar-refractivity contribution is 0.0797. The van der Waals surface area contributed by atoms with E-state index in [-0.39, 0.29) is 5.91 Å². The molecule has 0 saturated heterocycles. The van der Waals surface area contributed by atoms with E-state index in [1.54, 1.807) is 24.1 Å². The first-order valence-electron chi connectivity index (χ1n) is 4.91. The highest BCUT2D eigenvalue weighted by Gasteiger charge is 2.12. The largest absolute Gasteiger partial charge is 0.340 e. The quantitative estimate of drug-likeness (QED) is 0.843. The van der Waals surface area contributed by atoms with E-state index in [0.29, 0.717) is 17.1 Å². The lowest BCUT2D eigenvalue weighted by Gasteiger charge is -2.17. The topological polar surface area (TPSA) is 32.3 Å². The fourth-order valence-electron chi connectivity index (χ4n) is 1.23. The molecule has 16 heavy (non-hydrogen) atoms. The summed E-state index contributed by atoms with van der Waals surface area (Å²) in [5, 5.41) is 3.62. The Morgan fingerprint density at radius 3 is 2.81 bits per heavy atom. The number of nitrogens with one attached hydrogen (secondary N) is 1.